The predicted octanol–water partition coefficient (Wildman–Crippen LogP) is 9.34. The van der Waals surface area contributed by atoms with E-state index in [1.54, 1.807) is 72.8 Å². The minimum Gasteiger partial charge on any atom is -0.494 e. The molecule has 9 nitrogen and oxygen atoms in total. The van der Waals surface area contributed by atoms with Crippen LogP contribution in [0.15, 0.2) is 83.0 Å². The van der Waals surface area contributed by atoms with Gasteiger partial charge in [0.05, 0.1) is 35.7 Å². The average molecular weight is 617 g/mol. The Morgan fingerprint density at radius 1 is 0.600 bits per heavy atom. The average Bonchev–Trinajstić information content (AvgIpc) is 3.06. The smallest absolute Gasteiger partial charge is 0.347 e. The van der Waals surface area contributed by atoms with Gasteiger partial charge in [-0.05, 0) is 92.6 Å². The van der Waals surface area contributed by atoms with Crippen molar-refractivity contribution in [1.29, 1.82) is 0 Å². The highest BCUT2D eigenvalue weighted by atomic mass is 16.6. The molecule has 3 aromatic rings. The molecule has 0 aliphatic heterocycles. The summed E-state index contributed by atoms with van der Waals surface area (Å²) in [6.45, 7) is 6.77. The molecule has 0 spiro atoms. The molecule has 0 radical (unpaired) electrons. The fourth-order valence-electron chi connectivity index (χ4n) is 4.21. The Labute approximate surface area is 266 Å². The maximum atomic E-state index is 12.6. The SMILES string of the molecule is CCCCCCCOc1ccc(C(=O)Oc2ccc(N=Nc3ccc(C(=O)OC(C)C(=O)OCCCCCC)cc3)cc2)cc1. The number of rotatable bonds is 19. The molecule has 240 valence electrons. The molecule has 9 heteroatoms. The van der Waals surface area contributed by atoms with E-state index >= 15 is 0 Å². The van der Waals surface area contributed by atoms with Gasteiger partial charge in [0, 0.05) is 0 Å². The number of nitrogens with zero attached hydrogens (tertiary/aromatic N) is 2. The van der Waals surface area contributed by atoms with E-state index in [1.165, 1.54) is 26.2 Å². The third-order valence-electron chi connectivity index (χ3n) is 6.90. The van der Waals surface area contributed by atoms with Crippen molar-refractivity contribution in [3.05, 3.63) is 83.9 Å². The van der Waals surface area contributed by atoms with Crippen molar-refractivity contribution in [3.63, 3.8) is 0 Å². The first-order chi connectivity index (χ1) is 21.9. The highest BCUT2D eigenvalue weighted by Crippen LogP contribution is 2.23. The van der Waals surface area contributed by atoms with Gasteiger partial charge in [0.1, 0.15) is 11.5 Å². The van der Waals surface area contributed by atoms with Crippen molar-refractivity contribution >= 4 is 29.3 Å². The standard InChI is InChI=1S/C36H44N2O7/c1-4-6-8-10-12-25-42-32-21-15-29(16-22-32)36(41)45-33-23-19-31(20-24-33)38-37-30-17-13-28(14-18-30)35(40)44-27(3)34(39)43-26-11-9-7-5-2/h13-24,27H,4-12,25-26H2,1-3H3. The highest BCUT2D eigenvalue weighted by molar-refractivity contribution is 5.92. The van der Waals surface area contributed by atoms with Gasteiger partial charge in [0.2, 0.25) is 0 Å². The number of hydrogen-bond donors (Lipinski definition) is 0. The van der Waals surface area contributed by atoms with Gasteiger partial charge in [-0.25, -0.2) is 14.4 Å². The number of benzene rings is 3. The van der Waals surface area contributed by atoms with Crippen LogP contribution in [-0.4, -0.2) is 37.2 Å². The van der Waals surface area contributed by atoms with Crippen LogP contribution in [0.25, 0.3) is 0 Å². The van der Waals surface area contributed by atoms with Crippen LogP contribution in [0.5, 0.6) is 11.5 Å². The zero-order chi connectivity index (χ0) is 32.3. The molecule has 0 amide bonds. The van der Waals surface area contributed by atoms with Crippen molar-refractivity contribution in [2.45, 2.75) is 84.7 Å². The minimum absolute atomic E-state index is 0.280. The molecule has 0 saturated carbocycles. The Hall–Kier alpha value is -4.53. The summed E-state index contributed by atoms with van der Waals surface area (Å²) >= 11 is 0. The zero-order valence-electron chi connectivity index (χ0n) is 26.5. The summed E-state index contributed by atoms with van der Waals surface area (Å²) in [6.07, 6.45) is 8.84. The summed E-state index contributed by atoms with van der Waals surface area (Å²) in [5.41, 5.74) is 1.78. The Morgan fingerprint density at radius 2 is 1.09 bits per heavy atom. The van der Waals surface area contributed by atoms with Crippen LogP contribution in [0.2, 0.25) is 0 Å². The van der Waals surface area contributed by atoms with Gasteiger partial charge in [-0.3, -0.25) is 0 Å². The zero-order valence-corrected chi connectivity index (χ0v) is 26.5. The molecule has 1 atom stereocenters. The molecular weight excluding hydrogens is 572 g/mol. The van der Waals surface area contributed by atoms with Gasteiger partial charge < -0.3 is 18.9 Å². The minimum atomic E-state index is -1.000. The van der Waals surface area contributed by atoms with E-state index in [2.05, 4.69) is 24.1 Å². The lowest BCUT2D eigenvalue weighted by Crippen LogP contribution is -2.26. The van der Waals surface area contributed by atoms with E-state index in [0.717, 1.165) is 44.3 Å². The molecule has 0 heterocycles. The second-order valence-electron chi connectivity index (χ2n) is 10.7. The summed E-state index contributed by atoms with van der Waals surface area (Å²) in [5.74, 6) is -0.552. The quantitative estimate of drug-likeness (QED) is 0.0571. The van der Waals surface area contributed by atoms with E-state index in [9.17, 15) is 14.4 Å². The van der Waals surface area contributed by atoms with E-state index < -0.39 is 24.0 Å². The Morgan fingerprint density at radius 3 is 1.71 bits per heavy atom. The number of ether oxygens (including phenoxy) is 4. The van der Waals surface area contributed by atoms with Crippen LogP contribution < -0.4 is 9.47 Å². The maximum absolute atomic E-state index is 12.6. The van der Waals surface area contributed by atoms with Crippen LogP contribution in [0, 0.1) is 0 Å². The van der Waals surface area contributed by atoms with Crippen molar-refractivity contribution < 1.29 is 33.3 Å². The summed E-state index contributed by atoms with van der Waals surface area (Å²) in [4.78, 5) is 37.1. The number of unbranched alkanes of at least 4 members (excludes halogenated alkanes) is 7. The molecule has 3 rings (SSSR count). The molecule has 45 heavy (non-hydrogen) atoms. The Bertz CT molecular complexity index is 1350. The fraction of sp³-hybridized carbons (Fsp3) is 0.417. The van der Waals surface area contributed by atoms with Gasteiger partial charge in [0.25, 0.3) is 0 Å². The van der Waals surface area contributed by atoms with Crippen LogP contribution >= 0.6 is 0 Å². The highest BCUT2D eigenvalue weighted by Gasteiger charge is 2.20. The van der Waals surface area contributed by atoms with Gasteiger partial charge in [0.15, 0.2) is 6.10 Å². The van der Waals surface area contributed by atoms with Gasteiger partial charge >= 0.3 is 17.9 Å². The van der Waals surface area contributed by atoms with E-state index in [-0.39, 0.29) is 5.56 Å². The van der Waals surface area contributed by atoms with E-state index in [1.807, 2.05) is 0 Å². The van der Waals surface area contributed by atoms with Crippen molar-refractivity contribution in [2.24, 2.45) is 10.2 Å². The lowest BCUT2D eigenvalue weighted by atomic mass is 10.2. The van der Waals surface area contributed by atoms with Gasteiger partial charge in [-0.1, -0.05) is 58.8 Å². The Balaban J connectivity index is 1.42. The van der Waals surface area contributed by atoms with Crippen molar-refractivity contribution in [2.75, 3.05) is 13.2 Å². The first-order valence-corrected chi connectivity index (χ1v) is 15.8. The number of hydrogen-bond acceptors (Lipinski definition) is 9. The number of carbonyl (C=O) groups is 3. The topological polar surface area (TPSA) is 113 Å². The predicted molar refractivity (Wildman–Crippen MR) is 173 cm³/mol. The molecule has 3 aromatic carbocycles. The fourth-order valence-corrected chi connectivity index (χ4v) is 4.21. The van der Waals surface area contributed by atoms with Crippen LogP contribution in [-0.2, 0) is 14.3 Å². The molecule has 0 bridgehead atoms. The van der Waals surface area contributed by atoms with Gasteiger partial charge in [-0.2, -0.15) is 10.2 Å². The lowest BCUT2D eigenvalue weighted by Gasteiger charge is -2.12. The first-order valence-electron chi connectivity index (χ1n) is 15.8. The molecule has 1 unspecified atom stereocenters. The third-order valence-corrected chi connectivity index (χ3v) is 6.90. The molecular formula is C36H44N2O7. The molecule has 0 fully saturated rings. The van der Waals surface area contributed by atoms with E-state index in [4.69, 9.17) is 18.9 Å². The van der Waals surface area contributed by atoms with Crippen molar-refractivity contribution in [1.82, 2.24) is 0 Å². The first kappa shape index (κ1) is 35.0. The van der Waals surface area contributed by atoms with E-state index in [0.29, 0.717) is 35.9 Å². The normalized spacial score (nSPS) is 11.6. The Kier molecular flexibility index (Phi) is 15.3. The van der Waals surface area contributed by atoms with Gasteiger partial charge in [-0.15, -0.1) is 0 Å². The molecule has 0 saturated heterocycles. The second-order valence-corrected chi connectivity index (χ2v) is 10.7. The number of esters is 3. The van der Waals surface area contributed by atoms with Crippen LogP contribution in [0.3, 0.4) is 0 Å². The largest absolute Gasteiger partial charge is 0.494 e. The van der Waals surface area contributed by atoms with Crippen LogP contribution in [0.1, 0.15) is 99.3 Å². The maximum Gasteiger partial charge on any atom is 0.347 e. The molecule has 0 aliphatic rings. The lowest BCUT2D eigenvalue weighted by molar-refractivity contribution is -0.153. The molecule has 0 N–H and O–H groups in total. The third kappa shape index (κ3) is 12.9. The summed E-state index contributed by atoms with van der Waals surface area (Å²) in [7, 11) is 0. The number of carbonyl (C=O) groups excluding carboxylic acids is 3. The molecule has 0 aliphatic carbocycles. The summed E-state index contributed by atoms with van der Waals surface area (Å²) in [5, 5.41) is 8.38. The summed E-state index contributed by atoms with van der Waals surface area (Å²) in [6, 6.07) is 19.9. The monoisotopic (exact) mass is 616 g/mol. The van der Waals surface area contributed by atoms with Crippen molar-refractivity contribution in [3.8, 4) is 11.5 Å². The second kappa shape index (κ2) is 19.7. The molecule has 0 aromatic heterocycles. The van der Waals surface area contributed by atoms with Crippen LogP contribution in [0.4, 0.5) is 11.4 Å². The number of azo groups is 1. The summed E-state index contributed by atoms with van der Waals surface area (Å²) < 4.78 is 21.7.